The van der Waals surface area contributed by atoms with E-state index in [0.29, 0.717) is 21.8 Å². The number of amides is 1. The average Bonchev–Trinajstić information content (AvgIpc) is 3.26. The highest BCUT2D eigenvalue weighted by molar-refractivity contribution is 7.99. The van der Waals surface area contributed by atoms with Crippen LogP contribution in [0.3, 0.4) is 0 Å². The molecule has 0 unspecified atom stereocenters. The number of imidazole rings is 1. The van der Waals surface area contributed by atoms with E-state index in [1.165, 1.54) is 17.5 Å². The van der Waals surface area contributed by atoms with Crippen molar-refractivity contribution in [1.29, 1.82) is 5.26 Å². The molecular formula is C18H13F3N4OS2. The number of alkyl halides is 3. The number of thiophene rings is 1. The summed E-state index contributed by atoms with van der Waals surface area (Å²) in [4.78, 5) is 16.2. The van der Waals surface area contributed by atoms with Gasteiger partial charge < -0.3 is 9.88 Å². The molecule has 0 aliphatic carbocycles. The normalized spacial score (nSPS) is 11.2. The Kier molecular flexibility index (Phi) is 6.06. The van der Waals surface area contributed by atoms with Gasteiger partial charge in [0.25, 0.3) is 0 Å². The summed E-state index contributed by atoms with van der Waals surface area (Å²) in [5, 5.41) is 13.7. The number of rotatable bonds is 6. The number of thioether (sulfide) groups is 1. The van der Waals surface area contributed by atoms with Crippen molar-refractivity contribution >= 4 is 34.0 Å². The van der Waals surface area contributed by atoms with Crippen LogP contribution < -0.4 is 5.32 Å². The molecule has 10 heteroatoms. The molecule has 0 saturated heterocycles. The van der Waals surface area contributed by atoms with Crippen LogP contribution in [0.2, 0.25) is 0 Å². The van der Waals surface area contributed by atoms with E-state index in [-0.39, 0.29) is 10.9 Å². The summed E-state index contributed by atoms with van der Waals surface area (Å²) >= 11 is 2.11. The number of hydrogen-bond donors (Lipinski definition) is 1. The number of benzene rings is 1. The van der Waals surface area contributed by atoms with Gasteiger partial charge in [0.1, 0.15) is 17.6 Å². The van der Waals surface area contributed by atoms with Crippen molar-refractivity contribution < 1.29 is 18.0 Å². The topological polar surface area (TPSA) is 70.7 Å². The smallest absolute Gasteiger partial charge is 0.316 e. The van der Waals surface area contributed by atoms with Crippen LogP contribution in [-0.2, 0) is 11.3 Å². The first-order valence-corrected chi connectivity index (χ1v) is 9.82. The first-order chi connectivity index (χ1) is 13.4. The van der Waals surface area contributed by atoms with Crippen LogP contribution in [0, 0.1) is 11.3 Å². The number of halogens is 3. The van der Waals surface area contributed by atoms with Gasteiger partial charge in [-0.15, -0.1) is 11.3 Å². The zero-order valence-electron chi connectivity index (χ0n) is 14.2. The van der Waals surface area contributed by atoms with E-state index in [1.54, 1.807) is 41.8 Å². The Labute approximate surface area is 166 Å². The molecule has 0 aliphatic heterocycles. The standard InChI is InChI=1S/C18H13F3N4OS2/c19-18(20,21)11-25-14(12-4-2-1-3-5-12)9-23-17(25)28-10-15(26)24-16-13(8-22)6-7-27-16/h1-7,9H,10-11H2,(H,24,26). The minimum absolute atomic E-state index is 0.0954. The van der Waals surface area contributed by atoms with E-state index >= 15 is 0 Å². The van der Waals surface area contributed by atoms with Gasteiger partial charge in [0.15, 0.2) is 5.16 Å². The summed E-state index contributed by atoms with van der Waals surface area (Å²) in [5.74, 6) is -0.557. The number of hydrogen-bond acceptors (Lipinski definition) is 5. The lowest BCUT2D eigenvalue weighted by Gasteiger charge is -2.14. The quantitative estimate of drug-likeness (QED) is 0.581. The van der Waals surface area contributed by atoms with Gasteiger partial charge in [-0.05, 0) is 17.0 Å². The van der Waals surface area contributed by atoms with Gasteiger partial charge in [-0.2, -0.15) is 18.4 Å². The van der Waals surface area contributed by atoms with E-state index in [4.69, 9.17) is 5.26 Å². The molecule has 3 rings (SSSR count). The van der Waals surface area contributed by atoms with Gasteiger partial charge in [0.2, 0.25) is 5.91 Å². The molecule has 0 aliphatic rings. The molecule has 2 heterocycles. The molecule has 0 bridgehead atoms. The molecule has 5 nitrogen and oxygen atoms in total. The van der Waals surface area contributed by atoms with Crippen molar-refractivity contribution in [2.75, 3.05) is 11.1 Å². The SMILES string of the molecule is N#Cc1ccsc1NC(=O)CSc1ncc(-c2ccccc2)n1CC(F)(F)F. The number of nitrogens with one attached hydrogen (secondary N) is 1. The first kappa shape index (κ1) is 20.0. The summed E-state index contributed by atoms with van der Waals surface area (Å²) in [6.07, 6.45) is -3.06. The molecule has 0 radical (unpaired) electrons. The second-order valence-electron chi connectivity index (χ2n) is 5.61. The molecule has 2 aromatic heterocycles. The van der Waals surface area contributed by atoms with Crippen molar-refractivity contribution in [3.63, 3.8) is 0 Å². The lowest BCUT2D eigenvalue weighted by Crippen LogP contribution is -2.20. The number of anilines is 1. The molecule has 3 aromatic rings. The van der Waals surface area contributed by atoms with E-state index in [2.05, 4.69) is 10.3 Å². The first-order valence-electron chi connectivity index (χ1n) is 7.95. The molecule has 0 saturated carbocycles. The van der Waals surface area contributed by atoms with Crippen LogP contribution in [0.1, 0.15) is 5.56 Å². The fraction of sp³-hybridized carbons (Fsp3) is 0.167. The highest BCUT2D eigenvalue weighted by Gasteiger charge is 2.31. The zero-order valence-corrected chi connectivity index (χ0v) is 15.9. The largest absolute Gasteiger partial charge is 0.406 e. The summed E-state index contributed by atoms with van der Waals surface area (Å²) in [6.45, 7) is -1.20. The van der Waals surface area contributed by atoms with Gasteiger partial charge in [0, 0.05) is 0 Å². The van der Waals surface area contributed by atoms with Crippen molar-refractivity contribution in [3.05, 3.63) is 53.5 Å². The Morgan fingerprint density at radius 2 is 2.04 bits per heavy atom. The third-order valence-electron chi connectivity index (χ3n) is 3.60. The van der Waals surface area contributed by atoms with Crippen molar-refractivity contribution in [3.8, 4) is 17.3 Å². The van der Waals surface area contributed by atoms with Gasteiger partial charge >= 0.3 is 6.18 Å². The third-order valence-corrected chi connectivity index (χ3v) is 5.42. The molecule has 1 N–H and O–H groups in total. The van der Waals surface area contributed by atoms with Crippen molar-refractivity contribution in [2.24, 2.45) is 0 Å². The molecule has 0 atom stereocenters. The number of nitriles is 1. The Hall–Kier alpha value is -2.77. The fourth-order valence-electron chi connectivity index (χ4n) is 2.43. The number of nitrogens with zero attached hydrogens (tertiary/aromatic N) is 3. The Morgan fingerprint density at radius 3 is 2.71 bits per heavy atom. The lowest BCUT2D eigenvalue weighted by molar-refractivity contribution is -0.141. The van der Waals surface area contributed by atoms with E-state index in [9.17, 15) is 18.0 Å². The maximum Gasteiger partial charge on any atom is 0.406 e. The van der Waals surface area contributed by atoms with E-state index in [1.807, 2.05) is 6.07 Å². The van der Waals surface area contributed by atoms with Gasteiger partial charge in [-0.1, -0.05) is 42.1 Å². The minimum atomic E-state index is -4.43. The van der Waals surface area contributed by atoms with E-state index in [0.717, 1.165) is 16.3 Å². The van der Waals surface area contributed by atoms with Crippen molar-refractivity contribution in [2.45, 2.75) is 17.9 Å². The zero-order chi connectivity index (χ0) is 20.1. The van der Waals surface area contributed by atoms with Crippen LogP contribution in [-0.4, -0.2) is 27.4 Å². The molecule has 144 valence electrons. The van der Waals surface area contributed by atoms with Crippen LogP contribution in [0.25, 0.3) is 11.3 Å². The Morgan fingerprint density at radius 1 is 1.29 bits per heavy atom. The molecule has 1 aromatic carbocycles. The predicted molar refractivity (Wildman–Crippen MR) is 102 cm³/mol. The predicted octanol–water partition coefficient (Wildman–Crippen LogP) is 4.78. The number of aromatic nitrogens is 2. The van der Waals surface area contributed by atoms with Gasteiger partial charge in [0.05, 0.1) is 23.2 Å². The summed E-state index contributed by atoms with van der Waals surface area (Å²) in [5.41, 5.74) is 1.27. The molecule has 1 amide bonds. The van der Waals surface area contributed by atoms with E-state index < -0.39 is 18.6 Å². The third kappa shape index (κ3) is 4.94. The Balaban J connectivity index is 1.77. The summed E-state index contributed by atoms with van der Waals surface area (Å²) in [6, 6.07) is 12.2. The second kappa shape index (κ2) is 8.50. The summed E-state index contributed by atoms with van der Waals surface area (Å²) in [7, 11) is 0. The second-order valence-corrected chi connectivity index (χ2v) is 7.46. The Bertz CT molecular complexity index is 1010. The summed E-state index contributed by atoms with van der Waals surface area (Å²) < 4.78 is 40.2. The monoisotopic (exact) mass is 422 g/mol. The van der Waals surface area contributed by atoms with Crippen molar-refractivity contribution in [1.82, 2.24) is 9.55 Å². The van der Waals surface area contributed by atoms with Crippen LogP contribution >= 0.6 is 23.1 Å². The number of carbonyl (C=O) groups excluding carboxylic acids is 1. The van der Waals surface area contributed by atoms with Crippen LogP contribution in [0.4, 0.5) is 18.2 Å². The van der Waals surface area contributed by atoms with Gasteiger partial charge in [-0.25, -0.2) is 4.98 Å². The maximum absolute atomic E-state index is 13.1. The van der Waals surface area contributed by atoms with Gasteiger partial charge in [-0.3, -0.25) is 4.79 Å². The molecule has 0 spiro atoms. The molecular weight excluding hydrogens is 409 g/mol. The minimum Gasteiger partial charge on any atom is -0.316 e. The maximum atomic E-state index is 13.1. The molecule has 28 heavy (non-hydrogen) atoms. The molecule has 0 fully saturated rings. The van der Waals surface area contributed by atoms with Crippen LogP contribution in [0.15, 0.2) is 53.1 Å². The van der Waals surface area contributed by atoms with Crippen LogP contribution in [0.5, 0.6) is 0 Å². The highest BCUT2D eigenvalue weighted by atomic mass is 32.2. The fourth-order valence-corrected chi connectivity index (χ4v) is 3.96. The number of carbonyl (C=O) groups is 1. The highest BCUT2D eigenvalue weighted by Crippen LogP contribution is 2.30. The lowest BCUT2D eigenvalue weighted by atomic mass is 10.2. The average molecular weight is 422 g/mol.